The Morgan fingerprint density at radius 2 is 0.657 bits per heavy atom. The lowest BCUT2D eigenvalue weighted by atomic mass is 10.0. The summed E-state index contributed by atoms with van der Waals surface area (Å²) in [6.07, 6.45) is 85.4. The van der Waals surface area contributed by atoms with Gasteiger partial charge in [-0.1, -0.05) is 291 Å². The molecule has 2 atom stereocenters. The van der Waals surface area contributed by atoms with Gasteiger partial charge in [-0.25, -0.2) is 0 Å². The highest BCUT2D eigenvalue weighted by molar-refractivity contribution is 5.76. The Labute approximate surface area is 417 Å². The Balaban J connectivity index is 3.51. The second-order valence-corrected chi connectivity index (χ2v) is 19.3. The van der Waals surface area contributed by atoms with E-state index >= 15 is 0 Å². The fourth-order valence-corrected chi connectivity index (χ4v) is 8.50. The molecule has 2 unspecified atom stereocenters. The van der Waals surface area contributed by atoms with Crippen molar-refractivity contribution >= 4 is 5.91 Å². The summed E-state index contributed by atoms with van der Waals surface area (Å²) in [5.74, 6) is -0.0331. The van der Waals surface area contributed by atoms with E-state index in [1.165, 1.54) is 173 Å². The summed E-state index contributed by atoms with van der Waals surface area (Å²) in [4.78, 5) is 12.5. The van der Waals surface area contributed by atoms with E-state index in [0.29, 0.717) is 12.8 Å². The van der Waals surface area contributed by atoms with Gasteiger partial charge in [0.25, 0.3) is 0 Å². The van der Waals surface area contributed by atoms with Crippen LogP contribution in [0, 0.1) is 0 Å². The summed E-state index contributed by atoms with van der Waals surface area (Å²) in [7, 11) is 0. The number of carbonyl (C=O) groups is 1. The maximum absolute atomic E-state index is 12.5. The largest absolute Gasteiger partial charge is 0.394 e. The maximum atomic E-state index is 12.5. The number of carbonyl (C=O) groups excluding carboxylic acids is 1. The minimum atomic E-state index is -0.664. The Bertz CT molecular complexity index is 1240. The molecule has 0 saturated heterocycles. The van der Waals surface area contributed by atoms with Crippen LogP contribution in [0.25, 0.3) is 0 Å². The predicted octanol–water partition coefficient (Wildman–Crippen LogP) is 19.3. The highest BCUT2D eigenvalue weighted by Gasteiger charge is 2.20. The molecule has 0 aliphatic carbocycles. The third kappa shape index (κ3) is 54.1. The van der Waals surface area contributed by atoms with Crippen molar-refractivity contribution in [3.05, 3.63) is 97.2 Å². The van der Waals surface area contributed by atoms with E-state index in [-0.39, 0.29) is 12.5 Å². The second-order valence-electron chi connectivity index (χ2n) is 19.3. The van der Waals surface area contributed by atoms with E-state index in [1.54, 1.807) is 0 Å². The van der Waals surface area contributed by atoms with Gasteiger partial charge in [-0.2, -0.15) is 0 Å². The molecule has 0 heterocycles. The molecule has 0 bridgehead atoms. The van der Waals surface area contributed by atoms with Crippen molar-refractivity contribution in [2.24, 2.45) is 0 Å². The van der Waals surface area contributed by atoms with Gasteiger partial charge in [0.2, 0.25) is 5.91 Å². The molecule has 0 aromatic heterocycles. The number of unbranched alkanes of at least 4 members (excludes halogenated alkanes) is 29. The molecule has 0 aliphatic heterocycles. The summed E-state index contributed by atoms with van der Waals surface area (Å²) in [6, 6.07) is -0.541. The van der Waals surface area contributed by atoms with Crippen LogP contribution in [0.2, 0.25) is 0 Å². The number of hydrogen-bond donors (Lipinski definition) is 3. The zero-order valence-electron chi connectivity index (χ0n) is 44.4. The third-order valence-corrected chi connectivity index (χ3v) is 12.9. The van der Waals surface area contributed by atoms with Crippen LogP contribution in [0.1, 0.15) is 277 Å². The first-order valence-corrected chi connectivity index (χ1v) is 28.9. The van der Waals surface area contributed by atoms with Gasteiger partial charge in [-0.3, -0.25) is 4.79 Å². The Morgan fingerprint density at radius 3 is 0.985 bits per heavy atom. The van der Waals surface area contributed by atoms with Crippen molar-refractivity contribution in [2.75, 3.05) is 6.61 Å². The van der Waals surface area contributed by atoms with Gasteiger partial charge in [0.1, 0.15) is 0 Å². The van der Waals surface area contributed by atoms with E-state index in [2.05, 4.69) is 116 Å². The standard InChI is InChI=1S/C63H111NO3/c1-3-5-7-9-11-13-15-17-19-21-22-23-24-25-26-27-28-29-30-31-32-33-34-35-36-37-38-39-40-41-42-43-45-47-49-51-53-55-57-59-63(67)64-61(60-65)62(66)58-56-54-52-50-48-46-44-20-18-16-14-12-10-8-6-4-2/h5,7,11,13,17,19,22-23,25-26,28-29,31-32,34-35,61-62,65-66H,3-4,6,8-10,12,14-16,18,20-21,24,27,30,33,36-60H2,1-2H3,(H,64,67)/b7-5-,13-11-,19-17-,23-22-,26-25-,29-28-,32-31-,35-34-. The molecule has 0 radical (unpaired) electrons. The normalized spacial score (nSPS) is 13.6. The minimum absolute atomic E-state index is 0.0331. The number of aliphatic hydroxyl groups is 2. The summed E-state index contributed by atoms with van der Waals surface area (Å²) in [5.41, 5.74) is 0. The van der Waals surface area contributed by atoms with Crippen molar-refractivity contribution < 1.29 is 15.0 Å². The number of amides is 1. The number of nitrogens with one attached hydrogen (secondary N) is 1. The molecule has 0 aliphatic rings. The maximum Gasteiger partial charge on any atom is 0.220 e. The van der Waals surface area contributed by atoms with E-state index in [9.17, 15) is 15.0 Å². The van der Waals surface area contributed by atoms with Crippen molar-refractivity contribution in [3.8, 4) is 0 Å². The fraction of sp³-hybridized carbons (Fsp3) is 0.730. The van der Waals surface area contributed by atoms with Crippen LogP contribution in [0.4, 0.5) is 0 Å². The van der Waals surface area contributed by atoms with Gasteiger partial charge in [-0.05, 0) is 77.0 Å². The molecule has 386 valence electrons. The van der Waals surface area contributed by atoms with Crippen LogP contribution in [0.15, 0.2) is 97.2 Å². The first kappa shape index (κ1) is 64.3. The first-order valence-electron chi connectivity index (χ1n) is 28.9. The molecular weight excluding hydrogens is 819 g/mol. The van der Waals surface area contributed by atoms with Crippen molar-refractivity contribution in [1.82, 2.24) is 5.32 Å². The molecule has 3 N–H and O–H groups in total. The second kappa shape index (κ2) is 57.6. The SMILES string of the molecule is CC/C=C\C/C=C\C/C=C\C/C=C\C/C=C\C/C=C\C/C=C\C/C=C\CCCCCCCCCCCCCCCCC(=O)NC(CO)C(O)CCCCCCCCCCCCCCCCCC. The van der Waals surface area contributed by atoms with Crippen LogP contribution in [0.5, 0.6) is 0 Å². The zero-order valence-corrected chi connectivity index (χ0v) is 44.4. The van der Waals surface area contributed by atoms with E-state index in [1.807, 2.05) is 0 Å². The monoisotopic (exact) mass is 930 g/mol. The molecule has 0 aromatic carbocycles. The zero-order chi connectivity index (χ0) is 48.5. The number of rotatable bonds is 52. The molecule has 0 rings (SSSR count). The lowest BCUT2D eigenvalue weighted by Gasteiger charge is -2.22. The molecule has 1 amide bonds. The van der Waals surface area contributed by atoms with Gasteiger partial charge in [0, 0.05) is 6.42 Å². The summed E-state index contributed by atoms with van der Waals surface area (Å²) < 4.78 is 0. The highest BCUT2D eigenvalue weighted by atomic mass is 16.3. The van der Waals surface area contributed by atoms with E-state index in [0.717, 1.165) is 77.0 Å². The number of aliphatic hydroxyl groups excluding tert-OH is 2. The lowest BCUT2D eigenvalue weighted by molar-refractivity contribution is -0.123. The minimum Gasteiger partial charge on any atom is -0.394 e. The van der Waals surface area contributed by atoms with E-state index < -0.39 is 12.1 Å². The molecule has 0 fully saturated rings. The highest BCUT2D eigenvalue weighted by Crippen LogP contribution is 2.17. The Hall–Kier alpha value is -2.69. The van der Waals surface area contributed by atoms with Crippen LogP contribution in [-0.2, 0) is 4.79 Å². The van der Waals surface area contributed by atoms with Gasteiger partial charge in [0.15, 0.2) is 0 Å². The first-order chi connectivity index (χ1) is 33.2. The number of allylic oxidation sites excluding steroid dienone is 16. The third-order valence-electron chi connectivity index (χ3n) is 12.9. The van der Waals surface area contributed by atoms with E-state index in [4.69, 9.17) is 0 Å². The molecule has 0 saturated carbocycles. The topological polar surface area (TPSA) is 69.6 Å². The van der Waals surface area contributed by atoms with Gasteiger partial charge in [-0.15, -0.1) is 0 Å². The van der Waals surface area contributed by atoms with Crippen molar-refractivity contribution in [3.63, 3.8) is 0 Å². The predicted molar refractivity (Wildman–Crippen MR) is 299 cm³/mol. The summed E-state index contributed by atoms with van der Waals surface area (Å²) >= 11 is 0. The van der Waals surface area contributed by atoms with Crippen LogP contribution in [0.3, 0.4) is 0 Å². The van der Waals surface area contributed by atoms with Crippen LogP contribution >= 0.6 is 0 Å². The average Bonchev–Trinajstić information content (AvgIpc) is 3.33. The molecule has 0 aromatic rings. The molecule has 0 spiro atoms. The van der Waals surface area contributed by atoms with Crippen molar-refractivity contribution in [1.29, 1.82) is 0 Å². The average molecular weight is 931 g/mol. The summed E-state index contributed by atoms with van der Waals surface area (Å²) in [6.45, 7) is 4.25. The molecule has 67 heavy (non-hydrogen) atoms. The smallest absolute Gasteiger partial charge is 0.220 e. The Morgan fingerprint density at radius 1 is 0.373 bits per heavy atom. The lowest BCUT2D eigenvalue weighted by Crippen LogP contribution is -2.45. The van der Waals surface area contributed by atoms with Crippen LogP contribution in [-0.4, -0.2) is 34.9 Å². The fourth-order valence-electron chi connectivity index (χ4n) is 8.50. The summed E-state index contributed by atoms with van der Waals surface area (Å²) in [5, 5.41) is 23.3. The molecule has 4 heteroatoms. The van der Waals surface area contributed by atoms with Crippen molar-refractivity contribution in [2.45, 2.75) is 289 Å². The molecular formula is C63H111NO3. The number of hydrogen-bond acceptors (Lipinski definition) is 3. The quantitative estimate of drug-likeness (QED) is 0.0420. The van der Waals surface area contributed by atoms with Gasteiger partial charge < -0.3 is 15.5 Å². The van der Waals surface area contributed by atoms with Gasteiger partial charge >= 0.3 is 0 Å². The molecule has 4 nitrogen and oxygen atoms in total. The van der Waals surface area contributed by atoms with Gasteiger partial charge in [0.05, 0.1) is 18.8 Å². The van der Waals surface area contributed by atoms with Crippen LogP contribution < -0.4 is 5.32 Å². The Kier molecular flexibility index (Phi) is 55.3.